The summed E-state index contributed by atoms with van der Waals surface area (Å²) < 4.78 is 12.9. The fourth-order valence-electron chi connectivity index (χ4n) is 9.10. The van der Waals surface area contributed by atoms with E-state index in [1.165, 1.54) is 13.8 Å². The molecule has 3 aliphatic carbocycles. The number of hydrogen-bond donors (Lipinski definition) is 2. The predicted molar refractivity (Wildman–Crippen MR) is 125 cm³/mol. The highest BCUT2D eigenvalue weighted by atomic mass is 16.8. The van der Waals surface area contributed by atoms with E-state index in [0.717, 1.165) is 6.42 Å². The number of likely N-dealkylation sites (tertiary alicyclic amines) is 1. The average molecular weight is 474 g/mol. The lowest BCUT2D eigenvalue weighted by Gasteiger charge is -2.75. The smallest absolute Gasteiger partial charge is 0.223 e. The SMILES string of the molecule is C=CCN1C(=O)CCC(C)(C)[C@H]2[C@H](O)[C@@]3(OC(C)(C)O)OC[C@]21[C@@H]1CC[C@H]2C(=C)C(=O)[C@]13[C@@H]2C. The molecule has 0 radical (unpaired) electrons. The molecule has 3 saturated carbocycles. The maximum Gasteiger partial charge on any atom is 0.223 e. The van der Waals surface area contributed by atoms with Crippen molar-refractivity contribution < 1.29 is 29.3 Å². The van der Waals surface area contributed by atoms with Gasteiger partial charge in [-0.3, -0.25) is 9.59 Å². The van der Waals surface area contributed by atoms with Gasteiger partial charge in [-0.15, -0.1) is 6.58 Å². The van der Waals surface area contributed by atoms with Crippen LogP contribution in [0.25, 0.3) is 0 Å². The summed E-state index contributed by atoms with van der Waals surface area (Å²) in [5.74, 6) is -4.51. The molecular weight excluding hydrogens is 434 g/mol. The zero-order chi connectivity index (χ0) is 25.1. The second kappa shape index (κ2) is 7.02. The summed E-state index contributed by atoms with van der Waals surface area (Å²) in [5, 5.41) is 23.2. The van der Waals surface area contributed by atoms with Crippen molar-refractivity contribution in [2.45, 2.75) is 83.5 Å². The molecule has 34 heavy (non-hydrogen) atoms. The molecule has 8 atom stereocenters. The second-order valence-electron chi connectivity index (χ2n) is 12.4. The van der Waals surface area contributed by atoms with Crippen LogP contribution in [0.5, 0.6) is 0 Å². The summed E-state index contributed by atoms with van der Waals surface area (Å²) in [6.07, 6.45) is 2.92. The summed E-state index contributed by atoms with van der Waals surface area (Å²) in [6, 6.07) is 0. The topological polar surface area (TPSA) is 96.3 Å². The number of ketones is 1. The van der Waals surface area contributed by atoms with Gasteiger partial charge >= 0.3 is 0 Å². The van der Waals surface area contributed by atoms with Gasteiger partial charge in [0.2, 0.25) is 11.7 Å². The van der Waals surface area contributed by atoms with E-state index in [0.29, 0.717) is 31.4 Å². The molecule has 0 aromatic carbocycles. The molecule has 3 aliphatic heterocycles. The fourth-order valence-corrected chi connectivity index (χ4v) is 9.10. The minimum Gasteiger partial charge on any atom is -0.387 e. The summed E-state index contributed by atoms with van der Waals surface area (Å²) in [5.41, 5.74) is -2.04. The lowest BCUT2D eigenvalue weighted by atomic mass is 9.40. The molecular formula is C27H39NO6. The van der Waals surface area contributed by atoms with Crippen LogP contribution < -0.4 is 0 Å². The lowest BCUT2D eigenvalue weighted by Crippen LogP contribution is -2.88. The van der Waals surface area contributed by atoms with Crippen molar-refractivity contribution in [1.82, 2.24) is 4.90 Å². The highest BCUT2D eigenvalue weighted by molar-refractivity contribution is 6.04. The maximum atomic E-state index is 14.3. The predicted octanol–water partition coefficient (Wildman–Crippen LogP) is 2.81. The molecule has 0 unspecified atom stereocenters. The molecule has 4 bridgehead atoms. The van der Waals surface area contributed by atoms with Crippen LogP contribution >= 0.6 is 0 Å². The molecule has 0 aromatic heterocycles. The van der Waals surface area contributed by atoms with Crippen molar-refractivity contribution in [1.29, 1.82) is 0 Å². The average Bonchev–Trinajstić information content (AvgIpc) is 2.82. The van der Waals surface area contributed by atoms with Gasteiger partial charge in [0.05, 0.1) is 17.6 Å². The third kappa shape index (κ3) is 2.52. The highest BCUT2D eigenvalue weighted by Gasteiger charge is 2.87. The van der Waals surface area contributed by atoms with Gasteiger partial charge in [0.25, 0.3) is 0 Å². The maximum absolute atomic E-state index is 14.3. The van der Waals surface area contributed by atoms with E-state index in [1.807, 2.05) is 11.8 Å². The van der Waals surface area contributed by atoms with E-state index in [1.54, 1.807) is 6.08 Å². The lowest BCUT2D eigenvalue weighted by molar-refractivity contribution is -0.477. The number of aliphatic hydroxyl groups is 2. The molecule has 6 rings (SSSR count). The molecule has 6 fully saturated rings. The van der Waals surface area contributed by atoms with Crippen LogP contribution in [0.4, 0.5) is 0 Å². The molecule has 2 spiro atoms. The third-order valence-electron chi connectivity index (χ3n) is 10.0. The van der Waals surface area contributed by atoms with Crippen molar-refractivity contribution in [3.05, 3.63) is 24.8 Å². The van der Waals surface area contributed by atoms with Gasteiger partial charge in [-0.05, 0) is 55.9 Å². The molecule has 3 heterocycles. The van der Waals surface area contributed by atoms with Crippen molar-refractivity contribution in [2.75, 3.05) is 13.2 Å². The summed E-state index contributed by atoms with van der Waals surface area (Å²) in [7, 11) is 0. The van der Waals surface area contributed by atoms with E-state index in [-0.39, 0.29) is 36.1 Å². The molecule has 0 aromatic rings. The first-order valence-corrected chi connectivity index (χ1v) is 12.6. The van der Waals surface area contributed by atoms with Crippen LogP contribution in [-0.2, 0) is 19.1 Å². The Kier molecular flexibility index (Phi) is 4.99. The molecule has 7 heteroatoms. The Morgan fingerprint density at radius 1 is 1.29 bits per heavy atom. The number of amides is 1. The largest absolute Gasteiger partial charge is 0.387 e. The minimum atomic E-state index is -1.73. The molecule has 6 aliphatic rings. The number of Topliss-reactive ketones (excluding diaryl/α,β-unsaturated/α-hetero) is 1. The zero-order valence-electron chi connectivity index (χ0n) is 21.1. The minimum absolute atomic E-state index is 0.00159. The van der Waals surface area contributed by atoms with Gasteiger partial charge < -0.3 is 24.6 Å². The summed E-state index contributed by atoms with van der Waals surface area (Å²) >= 11 is 0. The van der Waals surface area contributed by atoms with Gasteiger partial charge in [0.15, 0.2) is 11.6 Å². The van der Waals surface area contributed by atoms with Crippen LogP contribution in [0.15, 0.2) is 24.8 Å². The highest BCUT2D eigenvalue weighted by Crippen LogP contribution is 2.76. The van der Waals surface area contributed by atoms with E-state index in [9.17, 15) is 19.8 Å². The van der Waals surface area contributed by atoms with E-state index in [2.05, 4.69) is 27.0 Å². The Balaban J connectivity index is 1.86. The van der Waals surface area contributed by atoms with Crippen molar-refractivity contribution in [3.8, 4) is 0 Å². The van der Waals surface area contributed by atoms with Crippen LogP contribution in [0.3, 0.4) is 0 Å². The number of aliphatic hydroxyl groups excluding tert-OH is 1. The Morgan fingerprint density at radius 3 is 2.59 bits per heavy atom. The van der Waals surface area contributed by atoms with Gasteiger partial charge in [-0.25, -0.2) is 0 Å². The van der Waals surface area contributed by atoms with E-state index >= 15 is 0 Å². The molecule has 3 saturated heterocycles. The third-order valence-corrected chi connectivity index (χ3v) is 10.0. The van der Waals surface area contributed by atoms with Gasteiger partial charge in [0.1, 0.15) is 6.10 Å². The number of carbonyl (C=O) groups excluding carboxylic acids is 2. The number of nitrogens with zero attached hydrogens (tertiary/aromatic N) is 1. The van der Waals surface area contributed by atoms with E-state index in [4.69, 9.17) is 9.47 Å². The zero-order valence-corrected chi connectivity index (χ0v) is 21.1. The molecule has 7 nitrogen and oxygen atoms in total. The molecule has 2 N–H and O–H groups in total. The number of allylic oxidation sites excluding steroid dienone is 1. The molecule has 188 valence electrons. The first kappa shape index (κ1) is 24.2. The van der Waals surface area contributed by atoms with Gasteiger partial charge in [-0.1, -0.05) is 33.4 Å². The fraction of sp³-hybridized carbons (Fsp3) is 0.778. The monoisotopic (exact) mass is 473 g/mol. The van der Waals surface area contributed by atoms with E-state index < -0.39 is 40.0 Å². The van der Waals surface area contributed by atoms with Crippen LogP contribution in [0.2, 0.25) is 0 Å². The first-order chi connectivity index (χ1) is 15.7. The normalized spacial score (nSPS) is 47.3. The number of fused-ring (bicyclic) bond motifs is 2. The summed E-state index contributed by atoms with van der Waals surface area (Å²) in [4.78, 5) is 29.7. The van der Waals surface area contributed by atoms with Crippen molar-refractivity contribution in [3.63, 3.8) is 0 Å². The van der Waals surface area contributed by atoms with Crippen LogP contribution in [0.1, 0.15) is 60.3 Å². The van der Waals surface area contributed by atoms with Crippen molar-refractivity contribution >= 4 is 11.7 Å². The summed E-state index contributed by atoms with van der Waals surface area (Å²) in [6.45, 7) is 17.7. The Morgan fingerprint density at radius 2 is 1.97 bits per heavy atom. The Hall–Kier alpha value is -1.54. The number of rotatable bonds is 4. The first-order valence-electron chi connectivity index (χ1n) is 12.6. The van der Waals surface area contributed by atoms with Crippen molar-refractivity contribution in [2.24, 2.45) is 34.5 Å². The second-order valence-corrected chi connectivity index (χ2v) is 12.4. The van der Waals surface area contributed by atoms with Crippen LogP contribution in [-0.4, -0.2) is 63.2 Å². The number of hydrogen-bond acceptors (Lipinski definition) is 6. The van der Waals surface area contributed by atoms with Gasteiger partial charge in [0, 0.05) is 24.8 Å². The quantitative estimate of drug-likeness (QED) is 0.370. The number of carbonyl (C=O) groups is 2. The molecule has 1 amide bonds. The Labute approximate surface area is 202 Å². The van der Waals surface area contributed by atoms with Crippen LogP contribution in [0, 0.1) is 34.5 Å². The Bertz CT molecular complexity index is 967. The van der Waals surface area contributed by atoms with Gasteiger partial charge in [-0.2, -0.15) is 0 Å². The number of ether oxygens (including phenoxy) is 2. The standard InChI is InChI=1S/C27H39NO6/c1-8-13-28-19(29)11-12-23(4,5)20-22(31)27(34-24(6,7)32)26-16(3)17(15(2)21(26)30)9-10-18(26)25(20,28)14-33-27/h8,16-18,20,22,31-32H,1-2,9-14H2,3-7H3/t16-,17+,18+,20-,22+,25+,26+,27+/m1/s1.